The summed E-state index contributed by atoms with van der Waals surface area (Å²) >= 11 is 0. The predicted octanol–water partition coefficient (Wildman–Crippen LogP) is 13.3. The quantitative estimate of drug-likeness (QED) is 0.0475. The lowest BCUT2D eigenvalue weighted by molar-refractivity contribution is 0.252. The van der Waals surface area contributed by atoms with Crippen LogP contribution in [0.2, 0.25) is 0 Å². The van der Waals surface area contributed by atoms with Gasteiger partial charge in [0.15, 0.2) is 0 Å². The average Bonchev–Trinajstić information content (AvgIpc) is 2.94. The molecule has 0 aliphatic carbocycles. The third-order valence-electron chi connectivity index (χ3n) is 7.90. The first-order valence-corrected chi connectivity index (χ1v) is 19.6. The lowest BCUT2D eigenvalue weighted by Gasteiger charge is -2.12. The van der Waals surface area contributed by atoms with E-state index in [-0.39, 0.29) is 0 Å². The third-order valence-corrected chi connectivity index (χ3v) is 9.37. The van der Waals surface area contributed by atoms with E-state index in [0.717, 1.165) is 32.1 Å². The maximum absolute atomic E-state index is 12.2. The van der Waals surface area contributed by atoms with Gasteiger partial charge in [-0.15, -0.1) is 0 Å². The van der Waals surface area contributed by atoms with Crippen LogP contribution in [0, 0.1) is 0 Å². The van der Waals surface area contributed by atoms with Crippen LogP contribution >= 0.6 is 7.60 Å². The summed E-state index contributed by atoms with van der Waals surface area (Å²) in [6.07, 6.45) is 45.0. The standard InChI is InChI=1S/C36H71O3P/c1-3-5-7-9-11-13-15-17-19-21-23-25-27-29-31-33-35-39-40(37,38)36-34-32-30-28-26-24-22-20-18-16-14-12-10-8-6-4-2/h17-20H,3-16,21-36H2,1-2H3,(H,37,38)/b19-17-,20-18-. The Balaban J connectivity index is 3.36. The van der Waals surface area contributed by atoms with E-state index in [0.29, 0.717) is 12.8 Å². The molecule has 0 saturated carbocycles. The summed E-state index contributed by atoms with van der Waals surface area (Å²) in [5.74, 6) is 0. The van der Waals surface area contributed by atoms with E-state index >= 15 is 0 Å². The number of hydrogen-bond acceptors (Lipinski definition) is 2. The van der Waals surface area contributed by atoms with Crippen LogP contribution in [0.15, 0.2) is 24.3 Å². The summed E-state index contributed by atoms with van der Waals surface area (Å²) in [4.78, 5) is 10.1. The lowest BCUT2D eigenvalue weighted by atomic mass is 10.1. The minimum atomic E-state index is -3.39. The molecule has 0 bridgehead atoms. The van der Waals surface area contributed by atoms with Crippen molar-refractivity contribution in [3.05, 3.63) is 24.3 Å². The van der Waals surface area contributed by atoms with Gasteiger partial charge in [-0.05, 0) is 64.2 Å². The van der Waals surface area contributed by atoms with Gasteiger partial charge < -0.3 is 9.42 Å². The second kappa shape index (κ2) is 33.1. The van der Waals surface area contributed by atoms with E-state index in [4.69, 9.17) is 4.52 Å². The number of hydrogen-bond donors (Lipinski definition) is 1. The van der Waals surface area contributed by atoms with E-state index in [9.17, 15) is 9.46 Å². The van der Waals surface area contributed by atoms with Crippen molar-refractivity contribution < 1.29 is 14.0 Å². The summed E-state index contributed by atoms with van der Waals surface area (Å²) < 4.78 is 17.6. The van der Waals surface area contributed by atoms with Crippen LogP contribution in [-0.2, 0) is 9.09 Å². The number of rotatable bonds is 33. The molecule has 0 aliphatic heterocycles. The first kappa shape index (κ1) is 39.6. The van der Waals surface area contributed by atoms with Crippen molar-refractivity contribution in [3.63, 3.8) is 0 Å². The Kier molecular flexibility index (Phi) is 32.8. The monoisotopic (exact) mass is 583 g/mol. The summed E-state index contributed by atoms with van der Waals surface area (Å²) in [6, 6.07) is 0. The zero-order valence-corrected chi connectivity index (χ0v) is 28.1. The Morgan fingerprint density at radius 3 is 1.12 bits per heavy atom. The highest BCUT2D eigenvalue weighted by Crippen LogP contribution is 2.43. The van der Waals surface area contributed by atoms with Crippen LogP contribution in [0.3, 0.4) is 0 Å². The van der Waals surface area contributed by atoms with Gasteiger partial charge in [0.05, 0.1) is 6.61 Å². The molecule has 0 rings (SSSR count). The molecule has 0 saturated heterocycles. The van der Waals surface area contributed by atoms with Crippen molar-refractivity contribution in [2.45, 2.75) is 194 Å². The van der Waals surface area contributed by atoms with Crippen LogP contribution in [0.4, 0.5) is 0 Å². The molecule has 0 aromatic heterocycles. The largest absolute Gasteiger partial charge is 0.328 e. The van der Waals surface area contributed by atoms with Gasteiger partial charge in [-0.25, -0.2) is 0 Å². The molecule has 1 atom stereocenters. The van der Waals surface area contributed by atoms with Crippen LogP contribution in [0.1, 0.15) is 194 Å². The Bertz CT molecular complexity index is 587. The Hall–Kier alpha value is -0.370. The average molecular weight is 583 g/mol. The minimum absolute atomic E-state index is 0.320. The molecule has 0 amide bonds. The van der Waals surface area contributed by atoms with Crippen molar-refractivity contribution in [1.29, 1.82) is 0 Å². The summed E-state index contributed by atoms with van der Waals surface area (Å²) in [6.45, 7) is 4.98. The topological polar surface area (TPSA) is 46.5 Å². The molecule has 0 aromatic carbocycles. The Morgan fingerprint density at radius 2 is 0.750 bits per heavy atom. The molecule has 238 valence electrons. The first-order chi connectivity index (χ1) is 19.6. The molecule has 4 heteroatoms. The van der Waals surface area contributed by atoms with Crippen molar-refractivity contribution in [3.8, 4) is 0 Å². The van der Waals surface area contributed by atoms with Gasteiger partial charge in [-0.3, -0.25) is 4.57 Å². The second-order valence-electron chi connectivity index (χ2n) is 12.1. The molecule has 0 aromatic rings. The highest BCUT2D eigenvalue weighted by Gasteiger charge is 2.17. The van der Waals surface area contributed by atoms with E-state index in [1.165, 1.54) is 148 Å². The zero-order valence-electron chi connectivity index (χ0n) is 27.2. The third kappa shape index (κ3) is 33.8. The fourth-order valence-corrected chi connectivity index (χ4v) is 6.35. The van der Waals surface area contributed by atoms with Crippen LogP contribution in [0.5, 0.6) is 0 Å². The van der Waals surface area contributed by atoms with Crippen molar-refractivity contribution in [2.24, 2.45) is 0 Å². The van der Waals surface area contributed by atoms with Crippen molar-refractivity contribution in [1.82, 2.24) is 0 Å². The highest BCUT2D eigenvalue weighted by atomic mass is 31.2. The number of unbranched alkanes of at least 4 members (excludes halogenated alkanes) is 24. The van der Waals surface area contributed by atoms with Gasteiger partial charge in [-0.2, -0.15) is 0 Å². The van der Waals surface area contributed by atoms with Crippen LogP contribution < -0.4 is 0 Å². The smallest absolute Gasteiger partial charge is 0.324 e. The normalized spacial score (nSPS) is 13.6. The highest BCUT2D eigenvalue weighted by molar-refractivity contribution is 7.52. The molecule has 0 radical (unpaired) electrons. The first-order valence-electron chi connectivity index (χ1n) is 17.9. The molecular formula is C36H71O3P. The molecule has 0 heterocycles. The lowest BCUT2D eigenvalue weighted by Crippen LogP contribution is -1.97. The minimum Gasteiger partial charge on any atom is -0.324 e. The van der Waals surface area contributed by atoms with Gasteiger partial charge in [0.2, 0.25) is 0 Å². The van der Waals surface area contributed by atoms with E-state index in [1.54, 1.807) is 0 Å². The Labute approximate surface area is 252 Å². The molecule has 0 fully saturated rings. The van der Waals surface area contributed by atoms with Crippen molar-refractivity contribution in [2.75, 3.05) is 12.8 Å². The van der Waals surface area contributed by atoms with Crippen molar-refractivity contribution >= 4 is 7.60 Å². The maximum atomic E-state index is 12.2. The molecular weight excluding hydrogens is 511 g/mol. The SMILES string of the molecule is CCCCCCCC/C=C\CCCCCCCCOP(=O)(O)CCCCCCCC/C=C\CCCCCCCC. The maximum Gasteiger partial charge on any atom is 0.328 e. The molecule has 0 aliphatic rings. The van der Waals surface area contributed by atoms with Crippen LogP contribution in [0.25, 0.3) is 0 Å². The molecule has 40 heavy (non-hydrogen) atoms. The molecule has 1 N–H and O–H groups in total. The van der Waals surface area contributed by atoms with Gasteiger partial charge in [0, 0.05) is 6.16 Å². The zero-order chi connectivity index (χ0) is 29.2. The number of allylic oxidation sites excluding steroid dienone is 4. The molecule has 0 spiro atoms. The van der Waals surface area contributed by atoms with E-state index in [2.05, 4.69) is 38.2 Å². The van der Waals surface area contributed by atoms with Gasteiger partial charge in [-0.1, -0.05) is 154 Å². The summed E-state index contributed by atoms with van der Waals surface area (Å²) in [7, 11) is -3.39. The fraction of sp³-hybridized carbons (Fsp3) is 0.889. The van der Waals surface area contributed by atoms with Gasteiger partial charge >= 0.3 is 7.60 Å². The molecule has 1 unspecified atom stereocenters. The second-order valence-corrected chi connectivity index (χ2v) is 14.1. The van der Waals surface area contributed by atoms with Gasteiger partial charge in [0.25, 0.3) is 0 Å². The van der Waals surface area contributed by atoms with E-state index < -0.39 is 7.60 Å². The summed E-state index contributed by atoms with van der Waals surface area (Å²) in [5, 5.41) is 0. The molecule has 3 nitrogen and oxygen atoms in total. The Morgan fingerprint density at radius 1 is 0.450 bits per heavy atom. The fourth-order valence-electron chi connectivity index (χ4n) is 5.18. The predicted molar refractivity (Wildman–Crippen MR) is 180 cm³/mol. The van der Waals surface area contributed by atoms with Crippen LogP contribution in [-0.4, -0.2) is 17.7 Å². The van der Waals surface area contributed by atoms with E-state index in [1.807, 2.05) is 0 Å². The summed E-state index contributed by atoms with van der Waals surface area (Å²) in [5.41, 5.74) is 0. The van der Waals surface area contributed by atoms with Gasteiger partial charge in [0.1, 0.15) is 0 Å².